The number of hydrogen-bond donors (Lipinski definition) is 4. The third-order valence-electron chi connectivity index (χ3n) is 3.88. The zero-order valence-corrected chi connectivity index (χ0v) is 16.0. The largest absolute Gasteiger partial charge is 0.355 e. The maximum absolute atomic E-state index is 11.6. The van der Waals surface area contributed by atoms with Gasteiger partial charge in [0, 0.05) is 30.4 Å². The van der Waals surface area contributed by atoms with E-state index in [-0.39, 0.29) is 23.2 Å². The van der Waals surface area contributed by atoms with Gasteiger partial charge < -0.3 is 10.6 Å². The molecule has 158 valence electrons. The molecule has 3 aromatic rings. The highest BCUT2D eigenvalue weighted by atomic mass is 16.6. The van der Waals surface area contributed by atoms with Gasteiger partial charge in [-0.05, 0) is 36.4 Å². The Bertz CT molecular complexity index is 1120. The van der Waals surface area contributed by atoms with Crippen LogP contribution in [0.4, 0.5) is 40.1 Å². The molecule has 0 atom stereocenters. The average Bonchev–Trinajstić information content (AvgIpc) is 2.73. The molecular formula is C18H16N8O5. The smallest absolute Gasteiger partial charge is 0.334 e. The van der Waals surface area contributed by atoms with E-state index in [2.05, 4.69) is 31.5 Å². The Balaban J connectivity index is 1.78. The highest BCUT2D eigenvalue weighted by molar-refractivity contribution is 5.89. The molecule has 0 unspecified atom stereocenters. The molecule has 1 heterocycles. The van der Waals surface area contributed by atoms with Crippen molar-refractivity contribution < 1.29 is 14.6 Å². The second kappa shape index (κ2) is 9.13. The first kappa shape index (κ1) is 20.9. The number of amides is 1. The average molecular weight is 424 g/mol. The van der Waals surface area contributed by atoms with Crippen molar-refractivity contribution in [2.45, 2.75) is 6.92 Å². The monoisotopic (exact) mass is 424 g/mol. The van der Waals surface area contributed by atoms with E-state index in [1.165, 1.54) is 31.2 Å². The summed E-state index contributed by atoms with van der Waals surface area (Å²) in [6.07, 6.45) is 1.14. The van der Waals surface area contributed by atoms with Gasteiger partial charge in [-0.3, -0.25) is 35.9 Å². The Morgan fingerprint density at radius 2 is 1.39 bits per heavy atom. The van der Waals surface area contributed by atoms with Crippen LogP contribution >= 0.6 is 0 Å². The molecule has 0 aliphatic carbocycles. The van der Waals surface area contributed by atoms with Crippen LogP contribution in [0.15, 0.2) is 54.9 Å². The summed E-state index contributed by atoms with van der Waals surface area (Å²) in [6.45, 7) is 1.38. The van der Waals surface area contributed by atoms with Gasteiger partial charge in [0.2, 0.25) is 17.5 Å². The highest BCUT2D eigenvalue weighted by Crippen LogP contribution is 2.31. The van der Waals surface area contributed by atoms with E-state index < -0.39 is 15.5 Å². The summed E-state index contributed by atoms with van der Waals surface area (Å²) in [5.41, 5.74) is 6.33. The summed E-state index contributed by atoms with van der Waals surface area (Å²) in [5, 5.41) is 27.8. The predicted octanol–water partition coefficient (Wildman–Crippen LogP) is 3.43. The number of aromatic nitrogens is 2. The maximum atomic E-state index is 11.6. The van der Waals surface area contributed by atoms with E-state index in [1.807, 2.05) is 0 Å². The lowest BCUT2D eigenvalue weighted by Crippen LogP contribution is -2.13. The summed E-state index contributed by atoms with van der Waals surface area (Å²) in [7, 11) is 0. The molecule has 1 aromatic heterocycles. The molecule has 1 amide bonds. The van der Waals surface area contributed by atoms with Crippen molar-refractivity contribution in [3.63, 3.8) is 0 Å². The minimum Gasteiger partial charge on any atom is -0.334 e. The number of nitro benzene ring substituents is 1. The van der Waals surface area contributed by atoms with Gasteiger partial charge in [0.1, 0.15) is 6.33 Å². The number of non-ortho nitro benzene ring substituents is 1. The normalized spacial score (nSPS) is 10.1. The number of hydrogen-bond acceptors (Lipinski definition) is 10. The topological polar surface area (TPSA) is 177 Å². The number of carbonyl (C=O) groups excluding carboxylic acids is 1. The lowest BCUT2D eigenvalue weighted by Gasteiger charge is -2.12. The number of nitrogens with one attached hydrogen (secondary N) is 4. The van der Waals surface area contributed by atoms with Crippen LogP contribution in [0.2, 0.25) is 0 Å². The lowest BCUT2D eigenvalue weighted by molar-refractivity contribution is -0.384. The standard InChI is InChI=1S/C18H16N8O5/c1-11(27)21-12-2-4-13(5-3-12)22-17-16(26(30)31)18(20-10-19-17)24-23-14-6-8-15(9-7-14)25(28)29/h2-10,23H,1H3,(H,21,27)(H2,19,20,22,24). The van der Waals surface area contributed by atoms with Crippen LogP contribution in [-0.2, 0) is 4.79 Å². The lowest BCUT2D eigenvalue weighted by atomic mass is 10.2. The van der Waals surface area contributed by atoms with Crippen molar-refractivity contribution in [3.05, 3.63) is 75.1 Å². The molecular weight excluding hydrogens is 408 g/mol. The van der Waals surface area contributed by atoms with Gasteiger partial charge in [-0.25, -0.2) is 9.97 Å². The van der Waals surface area contributed by atoms with E-state index in [0.717, 1.165) is 6.33 Å². The summed E-state index contributed by atoms with van der Waals surface area (Å²) in [6, 6.07) is 12.0. The van der Waals surface area contributed by atoms with Gasteiger partial charge in [-0.1, -0.05) is 0 Å². The molecule has 13 nitrogen and oxygen atoms in total. The fourth-order valence-electron chi connectivity index (χ4n) is 2.51. The number of nitrogens with zero attached hydrogens (tertiary/aromatic N) is 4. The van der Waals surface area contributed by atoms with Crippen molar-refractivity contribution >= 4 is 46.0 Å². The van der Waals surface area contributed by atoms with Crippen LogP contribution in [0.25, 0.3) is 0 Å². The van der Waals surface area contributed by atoms with Crippen LogP contribution in [-0.4, -0.2) is 25.7 Å². The molecule has 0 fully saturated rings. The summed E-state index contributed by atoms with van der Waals surface area (Å²) in [4.78, 5) is 40.1. The molecule has 3 rings (SSSR count). The predicted molar refractivity (Wildman–Crippen MR) is 113 cm³/mol. The number of rotatable bonds is 8. The minimum absolute atomic E-state index is 0.0553. The molecule has 0 bridgehead atoms. The van der Waals surface area contributed by atoms with E-state index in [9.17, 15) is 25.0 Å². The second-order valence-electron chi connectivity index (χ2n) is 6.11. The Kier molecular flexibility index (Phi) is 6.16. The van der Waals surface area contributed by atoms with Crippen LogP contribution in [0.5, 0.6) is 0 Å². The number of carbonyl (C=O) groups is 1. The molecule has 0 aliphatic heterocycles. The number of nitro groups is 2. The van der Waals surface area contributed by atoms with Crippen molar-refractivity contribution in [2.75, 3.05) is 21.5 Å². The van der Waals surface area contributed by atoms with Crippen molar-refractivity contribution in [1.29, 1.82) is 0 Å². The molecule has 0 saturated heterocycles. The van der Waals surface area contributed by atoms with Gasteiger partial charge in [0.05, 0.1) is 15.5 Å². The van der Waals surface area contributed by atoms with Gasteiger partial charge in [0.25, 0.3) is 5.69 Å². The van der Waals surface area contributed by atoms with E-state index >= 15 is 0 Å². The minimum atomic E-state index is -0.645. The Morgan fingerprint density at radius 1 is 0.806 bits per heavy atom. The molecule has 4 N–H and O–H groups in total. The SMILES string of the molecule is CC(=O)Nc1ccc(Nc2ncnc(NNc3ccc([N+](=O)[O-])cc3)c2[N+](=O)[O-])cc1. The van der Waals surface area contributed by atoms with Crippen molar-refractivity contribution in [3.8, 4) is 0 Å². The number of anilines is 5. The summed E-state index contributed by atoms with van der Waals surface area (Å²) in [5.74, 6) is -0.389. The zero-order chi connectivity index (χ0) is 22.4. The fraction of sp³-hybridized carbons (Fsp3) is 0.0556. The molecule has 0 aliphatic rings. The van der Waals surface area contributed by atoms with Crippen LogP contribution in [0.3, 0.4) is 0 Å². The molecule has 0 radical (unpaired) electrons. The van der Waals surface area contributed by atoms with Crippen molar-refractivity contribution in [1.82, 2.24) is 9.97 Å². The second-order valence-corrected chi connectivity index (χ2v) is 6.11. The number of benzene rings is 2. The van der Waals surface area contributed by atoms with Gasteiger partial charge in [-0.2, -0.15) is 0 Å². The molecule has 13 heteroatoms. The summed E-state index contributed by atoms with van der Waals surface area (Å²) >= 11 is 0. The Labute approximate surface area is 174 Å². The van der Waals surface area contributed by atoms with Crippen LogP contribution < -0.4 is 21.5 Å². The maximum Gasteiger partial charge on any atom is 0.355 e. The summed E-state index contributed by atoms with van der Waals surface area (Å²) < 4.78 is 0. The first-order valence-electron chi connectivity index (χ1n) is 8.74. The molecule has 2 aromatic carbocycles. The van der Waals surface area contributed by atoms with Gasteiger partial charge in [-0.15, -0.1) is 0 Å². The van der Waals surface area contributed by atoms with E-state index in [0.29, 0.717) is 17.1 Å². The molecule has 0 spiro atoms. The van der Waals surface area contributed by atoms with Crippen LogP contribution in [0.1, 0.15) is 6.92 Å². The molecule has 31 heavy (non-hydrogen) atoms. The third-order valence-corrected chi connectivity index (χ3v) is 3.88. The quantitative estimate of drug-likeness (QED) is 0.309. The van der Waals surface area contributed by atoms with E-state index in [1.54, 1.807) is 24.3 Å². The number of hydrazine groups is 1. The third kappa shape index (κ3) is 5.38. The van der Waals surface area contributed by atoms with Gasteiger partial charge in [0.15, 0.2) is 0 Å². The molecule has 0 saturated carbocycles. The zero-order valence-electron chi connectivity index (χ0n) is 16.0. The first-order chi connectivity index (χ1) is 14.8. The fourth-order valence-corrected chi connectivity index (χ4v) is 2.51. The highest BCUT2D eigenvalue weighted by Gasteiger charge is 2.23. The van der Waals surface area contributed by atoms with Crippen molar-refractivity contribution in [2.24, 2.45) is 0 Å². The van der Waals surface area contributed by atoms with E-state index in [4.69, 9.17) is 0 Å². The van der Waals surface area contributed by atoms with Crippen LogP contribution in [0, 0.1) is 20.2 Å². The Hall–Kier alpha value is -4.81. The van der Waals surface area contributed by atoms with Gasteiger partial charge >= 0.3 is 5.69 Å². The first-order valence-corrected chi connectivity index (χ1v) is 8.74. The Morgan fingerprint density at radius 3 is 1.97 bits per heavy atom.